The van der Waals surface area contributed by atoms with Crippen molar-refractivity contribution in [3.05, 3.63) is 24.5 Å². The maximum absolute atomic E-state index is 12.5. The largest absolute Gasteiger partial charge is 0.465 e. The molecule has 0 saturated heterocycles. The van der Waals surface area contributed by atoms with Gasteiger partial charge in [0.1, 0.15) is 6.04 Å². The van der Waals surface area contributed by atoms with E-state index in [-0.39, 0.29) is 11.9 Å². The van der Waals surface area contributed by atoms with Crippen molar-refractivity contribution in [3.8, 4) is 11.3 Å². The van der Waals surface area contributed by atoms with E-state index in [2.05, 4.69) is 25.7 Å². The fourth-order valence-electron chi connectivity index (χ4n) is 2.27. The molecule has 0 bridgehead atoms. The molecule has 0 aromatic carbocycles. The molecule has 1 unspecified atom stereocenters. The number of anilines is 1. The van der Waals surface area contributed by atoms with Crippen molar-refractivity contribution in [2.75, 3.05) is 4.90 Å². The molecule has 0 aliphatic heterocycles. The quantitative estimate of drug-likeness (QED) is 0.756. The molecule has 1 saturated carbocycles. The molecule has 1 aliphatic rings. The van der Waals surface area contributed by atoms with Crippen molar-refractivity contribution in [1.29, 1.82) is 0 Å². The second-order valence-corrected chi connectivity index (χ2v) is 5.37. The second-order valence-electron chi connectivity index (χ2n) is 5.37. The van der Waals surface area contributed by atoms with Gasteiger partial charge in [0.05, 0.1) is 11.9 Å². The number of aromatic amines is 1. The maximum atomic E-state index is 12.5. The van der Waals surface area contributed by atoms with Crippen LogP contribution in [0.3, 0.4) is 0 Å². The summed E-state index contributed by atoms with van der Waals surface area (Å²) < 4.78 is 0. The van der Waals surface area contributed by atoms with E-state index in [0.29, 0.717) is 11.5 Å². The van der Waals surface area contributed by atoms with Crippen molar-refractivity contribution < 1.29 is 14.7 Å². The Hall–Kier alpha value is -2.97. The number of carboxylic acid groups (broad SMARTS) is 1. The van der Waals surface area contributed by atoms with Gasteiger partial charge < -0.3 is 10.4 Å². The minimum absolute atomic E-state index is 0.0506. The lowest BCUT2D eigenvalue weighted by molar-refractivity contribution is -0.120. The van der Waals surface area contributed by atoms with Crippen molar-refractivity contribution in [2.24, 2.45) is 0 Å². The molecule has 1 atom stereocenters. The van der Waals surface area contributed by atoms with Gasteiger partial charge in [-0.25, -0.2) is 4.79 Å². The summed E-state index contributed by atoms with van der Waals surface area (Å²) in [4.78, 5) is 24.7. The first-order valence-corrected chi connectivity index (χ1v) is 7.21. The van der Waals surface area contributed by atoms with E-state index in [1.807, 2.05) is 0 Å². The summed E-state index contributed by atoms with van der Waals surface area (Å²) in [5.41, 5.74) is 1.44. The summed E-state index contributed by atoms with van der Waals surface area (Å²) >= 11 is 0. The van der Waals surface area contributed by atoms with E-state index in [9.17, 15) is 9.59 Å². The van der Waals surface area contributed by atoms with Crippen LogP contribution < -0.4 is 10.2 Å². The van der Waals surface area contributed by atoms with E-state index >= 15 is 0 Å². The summed E-state index contributed by atoms with van der Waals surface area (Å²) in [5.74, 6) is 0.0871. The number of rotatable bonds is 5. The van der Waals surface area contributed by atoms with Gasteiger partial charge in [-0.05, 0) is 31.9 Å². The van der Waals surface area contributed by atoms with Crippen LogP contribution in [0, 0.1) is 0 Å². The van der Waals surface area contributed by atoms with Crippen LogP contribution in [0.25, 0.3) is 11.3 Å². The van der Waals surface area contributed by atoms with Gasteiger partial charge in [-0.15, -0.1) is 10.2 Å². The van der Waals surface area contributed by atoms with Crippen LogP contribution in [0.5, 0.6) is 0 Å². The lowest BCUT2D eigenvalue weighted by atomic mass is 10.2. The number of carbonyl (C=O) groups is 2. The van der Waals surface area contributed by atoms with E-state index in [0.717, 1.165) is 18.4 Å². The van der Waals surface area contributed by atoms with Gasteiger partial charge in [0.2, 0.25) is 0 Å². The molecule has 9 nitrogen and oxygen atoms in total. The highest BCUT2D eigenvalue weighted by Gasteiger charge is 2.37. The highest BCUT2D eigenvalue weighted by molar-refractivity contribution is 5.98. The Morgan fingerprint density at radius 2 is 2.17 bits per heavy atom. The number of carbonyl (C=O) groups excluding carboxylic acids is 1. The third kappa shape index (κ3) is 3.28. The molecular weight excluding hydrogens is 300 g/mol. The number of amides is 2. The van der Waals surface area contributed by atoms with Crippen molar-refractivity contribution in [3.63, 3.8) is 0 Å². The molecule has 120 valence electrons. The molecule has 3 N–H and O–H groups in total. The van der Waals surface area contributed by atoms with Gasteiger partial charge in [-0.2, -0.15) is 5.10 Å². The first-order chi connectivity index (χ1) is 11.1. The minimum Gasteiger partial charge on any atom is -0.465 e. The smallest absolute Gasteiger partial charge is 0.405 e. The first-order valence-electron chi connectivity index (χ1n) is 7.21. The fraction of sp³-hybridized carbons (Fsp3) is 0.357. The van der Waals surface area contributed by atoms with Crippen LogP contribution in [0.2, 0.25) is 0 Å². The Bertz CT molecular complexity index is 696. The predicted octanol–water partition coefficient (Wildman–Crippen LogP) is 1.02. The molecule has 2 aromatic heterocycles. The standard InChI is InChI=1S/C14H16N6O3/c1-8(17-14(22)23)13(21)20(10-2-3-10)12-5-4-11(18-19-12)9-6-15-16-7-9/h4-8,10,17H,2-3H2,1H3,(H,15,16)(H,22,23). The zero-order valence-corrected chi connectivity index (χ0v) is 12.4. The van der Waals surface area contributed by atoms with Crippen LogP contribution in [0.15, 0.2) is 24.5 Å². The van der Waals surface area contributed by atoms with Crippen LogP contribution >= 0.6 is 0 Å². The lowest BCUT2D eigenvalue weighted by Gasteiger charge is -2.24. The molecule has 9 heteroatoms. The minimum atomic E-state index is -1.23. The summed E-state index contributed by atoms with van der Waals surface area (Å²) in [6.45, 7) is 1.51. The third-order valence-electron chi connectivity index (χ3n) is 3.55. The Balaban J connectivity index is 1.81. The Morgan fingerprint density at radius 3 is 2.70 bits per heavy atom. The summed E-state index contributed by atoms with van der Waals surface area (Å²) in [7, 11) is 0. The van der Waals surface area contributed by atoms with Gasteiger partial charge >= 0.3 is 6.09 Å². The molecule has 2 amide bonds. The molecule has 2 heterocycles. The predicted molar refractivity (Wildman–Crippen MR) is 80.7 cm³/mol. The molecule has 1 aliphatic carbocycles. The van der Waals surface area contributed by atoms with E-state index in [4.69, 9.17) is 5.11 Å². The Morgan fingerprint density at radius 1 is 1.39 bits per heavy atom. The van der Waals surface area contributed by atoms with Crippen LogP contribution in [0.4, 0.5) is 10.6 Å². The Labute approximate surface area is 131 Å². The Kier molecular flexibility index (Phi) is 3.92. The lowest BCUT2D eigenvalue weighted by Crippen LogP contribution is -2.48. The number of hydrogen-bond donors (Lipinski definition) is 3. The van der Waals surface area contributed by atoms with Gasteiger partial charge in [-0.3, -0.25) is 14.8 Å². The number of nitrogens with one attached hydrogen (secondary N) is 2. The van der Waals surface area contributed by atoms with Gasteiger partial charge in [-0.1, -0.05) is 0 Å². The molecule has 0 spiro atoms. The van der Waals surface area contributed by atoms with Gasteiger partial charge in [0.15, 0.2) is 5.82 Å². The molecule has 23 heavy (non-hydrogen) atoms. The average molecular weight is 316 g/mol. The van der Waals surface area contributed by atoms with Crippen LogP contribution in [0.1, 0.15) is 19.8 Å². The molecule has 2 aromatic rings. The number of aromatic nitrogens is 4. The van der Waals surface area contributed by atoms with Crippen molar-refractivity contribution in [2.45, 2.75) is 31.8 Å². The topological polar surface area (TPSA) is 124 Å². The number of hydrogen-bond acceptors (Lipinski definition) is 5. The van der Waals surface area contributed by atoms with Gasteiger partial charge in [0, 0.05) is 17.8 Å². The monoisotopic (exact) mass is 316 g/mol. The normalized spacial score (nSPS) is 15.0. The molecule has 1 fully saturated rings. The van der Waals surface area contributed by atoms with Crippen molar-refractivity contribution >= 4 is 17.8 Å². The highest BCUT2D eigenvalue weighted by Crippen LogP contribution is 2.31. The molecule has 0 radical (unpaired) electrons. The molecular formula is C14H16N6O3. The van der Waals surface area contributed by atoms with E-state index in [1.165, 1.54) is 11.8 Å². The zero-order chi connectivity index (χ0) is 16.4. The second kappa shape index (κ2) is 6.03. The number of H-pyrrole nitrogens is 1. The van der Waals surface area contributed by atoms with Crippen molar-refractivity contribution in [1.82, 2.24) is 25.7 Å². The summed E-state index contributed by atoms with van der Waals surface area (Å²) in [6, 6.07) is 2.67. The fourth-order valence-corrected chi connectivity index (χ4v) is 2.27. The maximum Gasteiger partial charge on any atom is 0.405 e. The SMILES string of the molecule is CC(NC(=O)O)C(=O)N(c1ccc(-c2cn[nH]c2)nn1)C1CC1. The van der Waals surface area contributed by atoms with Crippen LogP contribution in [-0.4, -0.2) is 49.6 Å². The molecule has 3 rings (SSSR count). The highest BCUT2D eigenvalue weighted by atomic mass is 16.4. The first kappa shape index (κ1) is 14.9. The van der Waals surface area contributed by atoms with Crippen LogP contribution in [-0.2, 0) is 4.79 Å². The van der Waals surface area contributed by atoms with E-state index in [1.54, 1.807) is 24.5 Å². The number of nitrogens with zero attached hydrogens (tertiary/aromatic N) is 4. The zero-order valence-electron chi connectivity index (χ0n) is 12.4. The van der Waals surface area contributed by atoms with E-state index < -0.39 is 12.1 Å². The van der Waals surface area contributed by atoms with Gasteiger partial charge in [0.25, 0.3) is 5.91 Å². The third-order valence-corrected chi connectivity index (χ3v) is 3.55. The summed E-state index contributed by atoms with van der Waals surface area (Å²) in [6.07, 6.45) is 3.84. The summed E-state index contributed by atoms with van der Waals surface area (Å²) in [5, 5.41) is 25.7. The average Bonchev–Trinajstić information content (AvgIpc) is 3.20.